The molecule has 0 spiro atoms. The molecule has 2 aliphatic rings. The summed E-state index contributed by atoms with van der Waals surface area (Å²) >= 11 is 1.92. The first-order valence-electron chi connectivity index (χ1n) is 6.76. The number of hydrogen-bond acceptors (Lipinski definition) is 3. The van der Waals surface area contributed by atoms with Gasteiger partial charge < -0.3 is 5.32 Å². The average Bonchev–Trinajstić information content (AvgIpc) is 2.95. The highest BCUT2D eigenvalue weighted by Crippen LogP contribution is 2.30. The Balaban J connectivity index is 1.49. The number of nitrogens with zero attached hydrogens (tertiary/aromatic N) is 1. The van der Waals surface area contributed by atoms with Crippen molar-refractivity contribution in [1.29, 1.82) is 0 Å². The fourth-order valence-electron chi connectivity index (χ4n) is 2.84. The van der Waals surface area contributed by atoms with Crippen molar-refractivity contribution < 1.29 is 0 Å². The summed E-state index contributed by atoms with van der Waals surface area (Å²) in [6, 6.07) is 3.99. The minimum atomic E-state index is 0.718. The molecule has 1 saturated heterocycles. The standard InChI is InChI=1S/C14H22N2S/c1-10-7-12(11(2)17-10)8-15-13-5-6-16(9-13)14-3-4-14/h7,13-15H,3-6,8-9H2,1-2H3. The van der Waals surface area contributed by atoms with Crippen molar-refractivity contribution >= 4 is 11.3 Å². The van der Waals surface area contributed by atoms with Gasteiger partial charge in [0.15, 0.2) is 0 Å². The van der Waals surface area contributed by atoms with E-state index in [2.05, 4.69) is 30.1 Å². The predicted octanol–water partition coefficient (Wildman–Crippen LogP) is 2.69. The lowest BCUT2D eigenvalue weighted by molar-refractivity contribution is 0.317. The van der Waals surface area contributed by atoms with Crippen molar-refractivity contribution in [3.63, 3.8) is 0 Å². The van der Waals surface area contributed by atoms with Gasteiger partial charge in [0.25, 0.3) is 0 Å². The second-order valence-corrected chi connectivity index (χ2v) is 6.99. The fraction of sp³-hybridized carbons (Fsp3) is 0.714. The van der Waals surface area contributed by atoms with Gasteiger partial charge in [-0.3, -0.25) is 4.90 Å². The molecule has 2 nitrogen and oxygen atoms in total. The van der Waals surface area contributed by atoms with E-state index in [9.17, 15) is 0 Å². The summed E-state index contributed by atoms with van der Waals surface area (Å²) in [5.74, 6) is 0. The van der Waals surface area contributed by atoms with E-state index in [1.165, 1.54) is 47.7 Å². The lowest BCUT2D eigenvalue weighted by Crippen LogP contribution is -2.32. The average molecular weight is 250 g/mol. The van der Waals surface area contributed by atoms with Gasteiger partial charge in [-0.1, -0.05) is 0 Å². The molecule has 94 valence electrons. The van der Waals surface area contributed by atoms with Gasteiger partial charge in [0.2, 0.25) is 0 Å². The Morgan fingerprint density at radius 1 is 1.35 bits per heavy atom. The molecule has 0 radical (unpaired) electrons. The fourth-order valence-corrected chi connectivity index (χ4v) is 3.78. The first-order chi connectivity index (χ1) is 8.22. The van der Waals surface area contributed by atoms with Gasteiger partial charge >= 0.3 is 0 Å². The van der Waals surface area contributed by atoms with Crippen LogP contribution >= 0.6 is 11.3 Å². The van der Waals surface area contributed by atoms with Gasteiger partial charge in [-0.15, -0.1) is 11.3 Å². The summed E-state index contributed by atoms with van der Waals surface area (Å²) < 4.78 is 0. The molecule has 0 bridgehead atoms. The Morgan fingerprint density at radius 3 is 2.82 bits per heavy atom. The van der Waals surface area contributed by atoms with Crippen LogP contribution in [0.5, 0.6) is 0 Å². The second kappa shape index (κ2) is 4.71. The Morgan fingerprint density at radius 2 is 2.18 bits per heavy atom. The van der Waals surface area contributed by atoms with Crippen molar-refractivity contribution in [1.82, 2.24) is 10.2 Å². The maximum absolute atomic E-state index is 3.73. The van der Waals surface area contributed by atoms with E-state index in [-0.39, 0.29) is 0 Å². The van der Waals surface area contributed by atoms with Crippen LogP contribution < -0.4 is 5.32 Å². The number of likely N-dealkylation sites (tertiary alicyclic amines) is 1. The van der Waals surface area contributed by atoms with Crippen LogP contribution in [0.2, 0.25) is 0 Å². The topological polar surface area (TPSA) is 15.3 Å². The molecule has 1 aromatic heterocycles. The van der Waals surface area contributed by atoms with Crippen molar-refractivity contribution in [3.05, 3.63) is 21.4 Å². The molecule has 2 fully saturated rings. The number of aryl methyl sites for hydroxylation is 2. The zero-order chi connectivity index (χ0) is 11.8. The molecular formula is C14H22N2S. The molecule has 3 rings (SSSR count). The van der Waals surface area contributed by atoms with E-state index >= 15 is 0 Å². The molecule has 3 heteroatoms. The monoisotopic (exact) mass is 250 g/mol. The third-order valence-corrected chi connectivity index (χ3v) is 5.02. The quantitative estimate of drug-likeness (QED) is 0.884. The van der Waals surface area contributed by atoms with Crippen LogP contribution in [-0.4, -0.2) is 30.1 Å². The third kappa shape index (κ3) is 2.72. The summed E-state index contributed by atoms with van der Waals surface area (Å²) in [5, 5.41) is 3.73. The maximum Gasteiger partial charge on any atom is 0.0219 e. The molecule has 0 aromatic carbocycles. The van der Waals surface area contributed by atoms with Gasteiger partial charge in [0.05, 0.1) is 0 Å². The Hall–Kier alpha value is -0.380. The first-order valence-corrected chi connectivity index (χ1v) is 7.57. The van der Waals surface area contributed by atoms with Gasteiger partial charge in [-0.05, 0) is 44.7 Å². The van der Waals surface area contributed by atoms with Crippen molar-refractivity contribution in [3.8, 4) is 0 Å². The minimum Gasteiger partial charge on any atom is -0.309 e. The van der Waals surface area contributed by atoms with E-state index in [1.54, 1.807) is 0 Å². The molecule has 1 aliphatic heterocycles. The molecule has 0 amide bonds. The van der Waals surface area contributed by atoms with Crippen LogP contribution in [0.25, 0.3) is 0 Å². The van der Waals surface area contributed by atoms with Crippen LogP contribution in [-0.2, 0) is 6.54 Å². The smallest absolute Gasteiger partial charge is 0.0219 e. The van der Waals surface area contributed by atoms with Gasteiger partial charge in [-0.25, -0.2) is 0 Å². The van der Waals surface area contributed by atoms with Crippen LogP contribution in [0.15, 0.2) is 6.07 Å². The van der Waals surface area contributed by atoms with Gasteiger partial charge in [0.1, 0.15) is 0 Å². The highest BCUT2D eigenvalue weighted by atomic mass is 32.1. The van der Waals surface area contributed by atoms with Crippen LogP contribution in [0.1, 0.15) is 34.6 Å². The summed E-state index contributed by atoms with van der Waals surface area (Å²) in [6.07, 6.45) is 4.21. The molecule has 1 saturated carbocycles. The van der Waals surface area contributed by atoms with Crippen LogP contribution in [0.3, 0.4) is 0 Å². The molecule has 1 unspecified atom stereocenters. The lowest BCUT2D eigenvalue weighted by Gasteiger charge is -2.15. The summed E-state index contributed by atoms with van der Waals surface area (Å²) in [5.41, 5.74) is 1.50. The SMILES string of the molecule is Cc1cc(CNC2CCN(C3CC3)C2)c(C)s1. The van der Waals surface area contributed by atoms with E-state index < -0.39 is 0 Å². The predicted molar refractivity (Wildman–Crippen MR) is 73.6 cm³/mol. The number of nitrogens with one attached hydrogen (secondary N) is 1. The van der Waals surface area contributed by atoms with E-state index in [4.69, 9.17) is 0 Å². The van der Waals surface area contributed by atoms with Crippen molar-refractivity contribution in [2.24, 2.45) is 0 Å². The Labute approximate surface area is 108 Å². The largest absolute Gasteiger partial charge is 0.309 e. The Bertz CT molecular complexity index is 395. The molecule has 1 aromatic rings. The van der Waals surface area contributed by atoms with Crippen LogP contribution in [0.4, 0.5) is 0 Å². The second-order valence-electron chi connectivity index (χ2n) is 5.53. The van der Waals surface area contributed by atoms with Crippen molar-refractivity contribution in [2.75, 3.05) is 13.1 Å². The number of hydrogen-bond donors (Lipinski definition) is 1. The zero-order valence-electron chi connectivity index (χ0n) is 10.8. The number of thiophene rings is 1. The molecule has 1 N–H and O–H groups in total. The molecular weight excluding hydrogens is 228 g/mol. The minimum absolute atomic E-state index is 0.718. The summed E-state index contributed by atoms with van der Waals surface area (Å²) in [4.78, 5) is 5.58. The molecule has 1 aliphatic carbocycles. The number of rotatable bonds is 4. The van der Waals surface area contributed by atoms with E-state index in [0.29, 0.717) is 0 Å². The normalized spacial score (nSPS) is 25.6. The van der Waals surface area contributed by atoms with Gasteiger partial charge in [0, 0.05) is 41.5 Å². The van der Waals surface area contributed by atoms with E-state index in [0.717, 1.165) is 18.6 Å². The van der Waals surface area contributed by atoms with Gasteiger partial charge in [-0.2, -0.15) is 0 Å². The molecule has 1 atom stereocenters. The van der Waals surface area contributed by atoms with Crippen molar-refractivity contribution in [2.45, 2.75) is 51.7 Å². The third-order valence-electron chi connectivity index (χ3n) is 4.01. The summed E-state index contributed by atoms with van der Waals surface area (Å²) in [6.45, 7) is 8.07. The first kappa shape index (κ1) is 11.7. The Kier molecular flexibility index (Phi) is 3.24. The zero-order valence-corrected chi connectivity index (χ0v) is 11.6. The van der Waals surface area contributed by atoms with Crippen LogP contribution in [0, 0.1) is 13.8 Å². The molecule has 17 heavy (non-hydrogen) atoms. The maximum atomic E-state index is 3.73. The highest BCUT2D eigenvalue weighted by molar-refractivity contribution is 7.12. The molecule has 2 heterocycles. The van der Waals surface area contributed by atoms with E-state index in [1.807, 2.05) is 11.3 Å². The summed E-state index contributed by atoms with van der Waals surface area (Å²) in [7, 11) is 0. The lowest BCUT2D eigenvalue weighted by atomic mass is 10.2. The highest BCUT2D eigenvalue weighted by Gasteiger charge is 2.34.